The van der Waals surface area contributed by atoms with Crippen molar-refractivity contribution in [1.29, 1.82) is 0 Å². The van der Waals surface area contributed by atoms with Gasteiger partial charge in [-0.05, 0) is 55.5 Å². The van der Waals surface area contributed by atoms with Gasteiger partial charge in [0, 0.05) is 10.6 Å². The molecule has 3 heterocycles. The molecule has 1 N–H and O–H groups in total. The first-order chi connectivity index (χ1) is 14.5. The number of nitrogens with one attached hydrogen (secondary N) is 1. The number of carbonyl (C=O) groups excluding carboxylic acids is 1. The first kappa shape index (κ1) is 20.1. The van der Waals surface area contributed by atoms with Gasteiger partial charge in [-0.1, -0.05) is 19.1 Å². The van der Waals surface area contributed by atoms with Gasteiger partial charge in [-0.25, -0.2) is 9.67 Å². The Balaban J connectivity index is 1.66. The highest BCUT2D eigenvalue weighted by atomic mass is 32.1. The van der Waals surface area contributed by atoms with E-state index < -0.39 is 0 Å². The summed E-state index contributed by atoms with van der Waals surface area (Å²) in [4.78, 5) is 19.0. The van der Waals surface area contributed by atoms with E-state index in [0.29, 0.717) is 35.8 Å². The molecule has 0 aliphatic heterocycles. The second-order valence-electron chi connectivity index (χ2n) is 7.23. The third kappa shape index (κ3) is 4.21. The van der Waals surface area contributed by atoms with Crippen molar-refractivity contribution in [2.75, 3.05) is 11.9 Å². The summed E-state index contributed by atoms with van der Waals surface area (Å²) in [7, 11) is 0. The minimum absolute atomic E-state index is 0.202. The Hall–Kier alpha value is -3.19. The molecule has 30 heavy (non-hydrogen) atoms. The van der Waals surface area contributed by atoms with Crippen LogP contribution in [0.15, 0.2) is 48.0 Å². The van der Waals surface area contributed by atoms with Gasteiger partial charge in [0.2, 0.25) is 0 Å². The van der Waals surface area contributed by atoms with Crippen LogP contribution in [0.2, 0.25) is 0 Å². The van der Waals surface area contributed by atoms with Crippen molar-refractivity contribution in [1.82, 2.24) is 14.8 Å². The number of carbonyl (C=O) groups is 1. The molecule has 154 valence electrons. The Labute approximate surface area is 179 Å². The van der Waals surface area contributed by atoms with Crippen LogP contribution in [0.4, 0.5) is 5.69 Å². The lowest BCUT2D eigenvalue weighted by Crippen LogP contribution is -2.14. The van der Waals surface area contributed by atoms with Crippen LogP contribution in [0.1, 0.15) is 39.8 Å². The molecule has 0 radical (unpaired) electrons. The molecule has 4 rings (SSSR count). The van der Waals surface area contributed by atoms with Gasteiger partial charge in [-0.15, -0.1) is 11.3 Å². The molecule has 6 nitrogen and oxygen atoms in total. The van der Waals surface area contributed by atoms with Crippen molar-refractivity contribution >= 4 is 34.0 Å². The maximum atomic E-state index is 13.2. The highest BCUT2D eigenvalue weighted by molar-refractivity contribution is 7.09. The summed E-state index contributed by atoms with van der Waals surface area (Å²) < 4.78 is 7.68. The topological polar surface area (TPSA) is 69.0 Å². The number of benzene rings is 1. The Kier molecular flexibility index (Phi) is 5.81. The first-order valence-electron chi connectivity index (χ1n) is 9.95. The van der Waals surface area contributed by atoms with Crippen LogP contribution < -0.4 is 10.1 Å². The molecule has 0 atom stereocenters. The average Bonchev–Trinajstić information content (AvgIpc) is 3.38. The number of anilines is 1. The molecule has 1 aromatic carbocycles. The number of rotatable bonds is 7. The monoisotopic (exact) mass is 420 g/mol. The van der Waals surface area contributed by atoms with Crippen LogP contribution in [0.5, 0.6) is 5.75 Å². The Morgan fingerprint density at radius 1 is 1.23 bits per heavy atom. The molecular formula is C23H24N4O2S. The molecule has 0 bridgehead atoms. The number of ether oxygens (including phenoxy) is 1. The predicted molar refractivity (Wildman–Crippen MR) is 121 cm³/mol. The van der Waals surface area contributed by atoms with Gasteiger partial charge in [0.25, 0.3) is 5.91 Å². The van der Waals surface area contributed by atoms with E-state index in [-0.39, 0.29) is 5.91 Å². The smallest absolute Gasteiger partial charge is 0.256 e. The number of aromatic nitrogens is 3. The zero-order valence-electron chi connectivity index (χ0n) is 17.3. The van der Waals surface area contributed by atoms with Crippen LogP contribution in [0.3, 0.4) is 0 Å². The van der Waals surface area contributed by atoms with E-state index in [0.717, 1.165) is 23.1 Å². The quantitative estimate of drug-likeness (QED) is 0.446. The van der Waals surface area contributed by atoms with E-state index in [1.165, 1.54) is 4.88 Å². The van der Waals surface area contributed by atoms with Gasteiger partial charge in [0.05, 0.1) is 36.0 Å². The Morgan fingerprint density at radius 3 is 2.87 bits per heavy atom. The van der Waals surface area contributed by atoms with E-state index in [9.17, 15) is 4.79 Å². The normalized spacial score (nSPS) is 11.0. The highest BCUT2D eigenvalue weighted by Gasteiger charge is 2.18. The maximum absolute atomic E-state index is 13.2. The van der Waals surface area contributed by atoms with Gasteiger partial charge in [0.1, 0.15) is 5.75 Å². The Morgan fingerprint density at radius 2 is 2.10 bits per heavy atom. The van der Waals surface area contributed by atoms with E-state index in [4.69, 9.17) is 4.74 Å². The van der Waals surface area contributed by atoms with E-state index >= 15 is 0 Å². The number of pyridine rings is 1. The molecule has 1 amide bonds. The fraction of sp³-hybridized carbons (Fsp3) is 0.261. The van der Waals surface area contributed by atoms with Crippen molar-refractivity contribution in [2.45, 2.75) is 33.7 Å². The minimum Gasteiger partial charge on any atom is -0.491 e. The lowest BCUT2D eigenvalue weighted by molar-refractivity contribution is 0.102. The average molecular weight is 421 g/mol. The fourth-order valence-electron chi connectivity index (χ4n) is 3.28. The number of thiophene rings is 1. The summed E-state index contributed by atoms with van der Waals surface area (Å²) in [6.07, 6.45) is 2.61. The number of fused-ring (bicyclic) bond motifs is 1. The zero-order chi connectivity index (χ0) is 21.1. The molecule has 3 aromatic heterocycles. The third-order valence-corrected chi connectivity index (χ3v) is 5.58. The van der Waals surface area contributed by atoms with Crippen molar-refractivity contribution in [2.24, 2.45) is 0 Å². The molecule has 0 aliphatic carbocycles. The van der Waals surface area contributed by atoms with Crippen LogP contribution >= 0.6 is 11.3 Å². The van der Waals surface area contributed by atoms with Gasteiger partial charge in [0.15, 0.2) is 5.65 Å². The lowest BCUT2D eigenvalue weighted by Gasteiger charge is -2.13. The van der Waals surface area contributed by atoms with Crippen LogP contribution in [0.25, 0.3) is 11.0 Å². The molecule has 4 aromatic rings. The van der Waals surface area contributed by atoms with Crippen LogP contribution in [-0.4, -0.2) is 27.3 Å². The first-order valence-corrected chi connectivity index (χ1v) is 10.8. The largest absolute Gasteiger partial charge is 0.491 e. The van der Waals surface area contributed by atoms with Crippen molar-refractivity contribution in [3.8, 4) is 5.75 Å². The summed E-state index contributed by atoms with van der Waals surface area (Å²) in [6.45, 7) is 7.17. The van der Waals surface area contributed by atoms with Gasteiger partial charge in [-0.2, -0.15) is 5.10 Å². The maximum Gasteiger partial charge on any atom is 0.256 e. The molecular weight excluding hydrogens is 396 g/mol. The minimum atomic E-state index is -0.202. The van der Waals surface area contributed by atoms with Crippen LogP contribution in [0, 0.1) is 13.8 Å². The second kappa shape index (κ2) is 8.67. The molecule has 0 saturated heterocycles. The SMILES string of the molecule is CCCOc1cc(C)ccc1NC(=O)c1cc(C)nc2c1cnn2Cc1cccs1. The standard InChI is InChI=1S/C23H24N4O2S/c1-4-9-29-21-11-15(2)7-8-20(21)26-23(28)18-12-16(3)25-22-19(18)13-24-27(22)14-17-6-5-10-30-17/h5-8,10-13H,4,9,14H2,1-3H3,(H,26,28). The van der Waals surface area contributed by atoms with Crippen molar-refractivity contribution in [3.63, 3.8) is 0 Å². The summed E-state index contributed by atoms with van der Waals surface area (Å²) >= 11 is 1.67. The number of aryl methyl sites for hydroxylation is 2. The predicted octanol–water partition coefficient (Wildman–Crippen LogP) is 5.20. The van der Waals surface area contributed by atoms with Crippen LogP contribution in [-0.2, 0) is 6.54 Å². The molecule has 0 spiro atoms. The summed E-state index contributed by atoms with van der Waals surface area (Å²) in [5.41, 5.74) is 3.77. The number of hydrogen-bond donors (Lipinski definition) is 1. The third-order valence-electron chi connectivity index (χ3n) is 4.71. The summed E-state index contributed by atoms with van der Waals surface area (Å²) in [5, 5.41) is 10.3. The highest BCUT2D eigenvalue weighted by Crippen LogP contribution is 2.28. The number of nitrogens with zero attached hydrogens (tertiary/aromatic N) is 3. The molecule has 0 aliphatic rings. The zero-order valence-corrected chi connectivity index (χ0v) is 18.1. The number of hydrogen-bond acceptors (Lipinski definition) is 5. The molecule has 0 saturated carbocycles. The van der Waals surface area contributed by atoms with E-state index in [1.807, 2.05) is 48.2 Å². The van der Waals surface area contributed by atoms with Gasteiger partial charge >= 0.3 is 0 Å². The van der Waals surface area contributed by atoms with Gasteiger partial charge < -0.3 is 10.1 Å². The van der Waals surface area contributed by atoms with Gasteiger partial charge in [-0.3, -0.25) is 4.79 Å². The summed E-state index contributed by atoms with van der Waals surface area (Å²) in [5.74, 6) is 0.479. The Bertz CT molecular complexity index is 1180. The summed E-state index contributed by atoms with van der Waals surface area (Å²) in [6, 6.07) is 11.7. The van der Waals surface area contributed by atoms with E-state index in [2.05, 4.69) is 28.4 Å². The molecule has 0 unspecified atom stereocenters. The van der Waals surface area contributed by atoms with Crippen molar-refractivity contribution < 1.29 is 9.53 Å². The fourth-order valence-corrected chi connectivity index (χ4v) is 3.97. The van der Waals surface area contributed by atoms with Crippen molar-refractivity contribution in [3.05, 3.63) is 69.7 Å². The second-order valence-corrected chi connectivity index (χ2v) is 8.26. The lowest BCUT2D eigenvalue weighted by atomic mass is 10.1. The number of amides is 1. The molecule has 7 heteroatoms. The van der Waals surface area contributed by atoms with E-state index in [1.54, 1.807) is 23.6 Å². The molecule has 0 fully saturated rings.